The van der Waals surface area contributed by atoms with Gasteiger partial charge in [-0.25, -0.2) is 4.39 Å². The number of benzene rings is 1. The van der Waals surface area contributed by atoms with E-state index in [-0.39, 0.29) is 17.7 Å². The molecule has 0 aromatic heterocycles. The summed E-state index contributed by atoms with van der Waals surface area (Å²) in [6.07, 6.45) is 2.77. The van der Waals surface area contributed by atoms with E-state index >= 15 is 0 Å². The third-order valence-electron chi connectivity index (χ3n) is 2.81. The molecule has 4 N–H and O–H groups in total. The highest BCUT2D eigenvalue weighted by molar-refractivity contribution is 6.30. The maximum Gasteiger partial charge on any atom is 0.141 e. The lowest BCUT2D eigenvalue weighted by Crippen LogP contribution is -2.29. The Morgan fingerprint density at radius 1 is 1.33 bits per heavy atom. The minimum absolute atomic E-state index is 0.0165. The van der Waals surface area contributed by atoms with Gasteiger partial charge in [0, 0.05) is 19.2 Å². The smallest absolute Gasteiger partial charge is 0.141 e. The second-order valence-electron chi connectivity index (χ2n) is 4.20. The summed E-state index contributed by atoms with van der Waals surface area (Å²) in [4.78, 5) is 0. The van der Waals surface area contributed by atoms with Crippen molar-refractivity contribution in [2.45, 2.75) is 25.3 Å². The van der Waals surface area contributed by atoms with Gasteiger partial charge in [0.1, 0.15) is 5.82 Å². The monoisotopic (exact) mass is 274 g/mol. The molecule has 1 unspecified atom stereocenters. The molecule has 0 aliphatic carbocycles. The van der Waals surface area contributed by atoms with Gasteiger partial charge in [-0.05, 0) is 43.5 Å². The van der Waals surface area contributed by atoms with Gasteiger partial charge in [0.05, 0.1) is 5.02 Å². The van der Waals surface area contributed by atoms with Crippen LogP contribution in [0, 0.1) is 5.82 Å². The Hall–Kier alpha value is -0.680. The summed E-state index contributed by atoms with van der Waals surface area (Å²) < 4.78 is 13.1. The van der Waals surface area contributed by atoms with E-state index in [2.05, 4.69) is 5.32 Å². The van der Waals surface area contributed by atoms with Crippen LogP contribution in [0.1, 0.15) is 30.9 Å². The largest absolute Gasteiger partial charge is 0.396 e. The van der Waals surface area contributed by atoms with Gasteiger partial charge in [-0.2, -0.15) is 0 Å². The van der Waals surface area contributed by atoms with Crippen LogP contribution in [0.4, 0.5) is 4.39 Å². The van der Waals surface area contributed by atoms with Gasteiger partial charge in [0.2, 0.25) is 0 Å². The molecule has 1 atom stereocenters. The summed E-state index contributed by atoms with van der Waals surface area (Å²) in [6.45, 7) is 1.48. The van der Waals surface area contributed by atoms with Gasteiger partial charge in [-0.1, -0.05) is 17.7 Å². The summed E-state index contributed by atoms with van der Waals surface area (Å²) in [6, 6.07) is 4.64. The topological polar surface area (TPSA) is 58.3 Å². The molecule has 0 saturated heterocycles. The summed E-state index contributed by atoms with van der Waals surface area (Å²) in [5, 5.41) is 12.1. The van der Waals surface area contributed by atoms with Gasteiger partial charge < -0.3 is 16.2 Å². The first kappa shape index (κ1) is 15.4. The standard InChI is InChI=1S/C13H20ClFN2O/c14-11-8-10(4-5-12(11)15)13(9-16)17-6-2-1-3-7-18/h4-5,8,13,17-18H,1-3,6-7,9,16H2. The first-order valence-corrected chi connectivity index (χ1v) is 6.56. The van der Waals surface area contributed by atoms with Gasteiger partial charge in [0.15, 0.2) is 0 Å². The molecule has 1 aromatic rings. The van der Waals surface area contributed by atoms with Crippen molar-refractivity contribution in [1.82, 2.24) is 5.32 Å². The summed E-state index contributed by atoms with van der Waals surface area (Å²) in [5.41, 5.74) is 6.59. The van der Waals surface area contributed by atoms with Crippen molar-refractivity contribution in [1.29, 1.82) is 0 Å². The molecule has 1 rings (SSSR count). The lowest BCUT2D eigenvalue weighted by molar-refractivity contribution is 0.282. The molecule has 102 valence electrons. The minimum Gasteiger partial charge on any atom is -0.396 e. The quantitative estimate of drug-likeness (QED) is 0.637. The molecule has 0 radical (unpaired) electrons. The van der Waals surface area contributed by atoms with Crippen LogP contribution in [0.25, 0.3) is 0 Å². The zero-order valence-electron chi connectivity index (χ0n) is 10.3. The number of hydrogen-bond donors (Lipinski definition) is 3. The van der Waals surface area contributed by atoms with E-state index < -0.39 is 5.82 Å². The van der Waals surface area contributed by atoms with Crippen molar-refractivity contribution in [2.75, 3.05) is 19.7 Å². The Labute approximate surface area is 112 Å². The number of aliphatic hydroxyl groups is 1. The molecule has 1 aromatic carbocycles. The van der Waals surface area contributed by atoms with Crippen LogP contribution in [0.5, 0.6) is 0 Å². The Morgan fingerprint density at radius 3 is 2.72 bits per heavy atom. The summed E-state index contributed by atoms with van der Waals surface area (Å²) in [7, 11) is 0. The van der Waals surface area contributed by atoms with Crippen molar-refractivity contribution in [2.24, 2.45) is 5.73 Å². The Morgan fingerprint density at radius 2 is 2.11 bits per heavy atom. The number of nitrogens with two attached hydrogens (primary N) is 1. The van der Waals surface area contributed by atoms with E-state index in [0.717, 1.165) is 31.4 Å². The average Bonchev–Trinajstić information content (AvgIpc) is 2.37. The van der Waals surface area contributed by atoms with Crippen molar-refractivity contribution in [3.05, 3.63) is 34.6 Å². The Balaban J connectivity index is 2.47. The minimum atomic E-state index is -0.417. The fourth-order valence-electron chi connectivity index (χ4n) is 1.76. The van der Waals surface area contributed by atoms with E-state index in [1.54, 1.807) is 12.1 Å². The van der Waals surface area contributed by atoms with Crippen LogP contribution in [0.2, 0.25) is 5.02 Å². The van der Waals surface area contributed by atoms with E-state index in [0.29, 0.717) is 6.54 Å². The third kappa shape index (κ3) is 4.90. The third-order valence-corrected chi connectivity index (χ3v) is 3.10. The Bertz CT molecular complexity index is 363. The normalized spacial score (nSPS) is 12.7. The number of rotatable bonds is 8. The maximum absolute atomic E-state index is 13.1. The summed E-state index contributed by atoms with van der Waals surface area (Å²) >= 11 is 5.75. The SMILES string of the molecule is NCC(NCCCCCO)c1ccc(F)c(Cl)c1. The molecular formula is C13H20ClFN2O. The highest BCUT2D eigenvalue weighted by atomic mass is 35.5. The zero-order valence-corrected chi connectivity index (χ0v) is 11.1. The number of aliphatic hydroxyl groups excluding tert-OH is 1. The fraction of sp³-hybridized carbons (Fsp3) is 0.538. The van der Waals surface area contributed by atoms with Gasteiger partial charge in [-0.3, -0.25) is 0 Å². The van der Waals surface area contributed by atoms with Crippen LogP contribution in [0.3, 0.4) is 0 Å². The maximum atomic E-state index is 13.1. The highest BCUT2D eigenvalue weighted by Crippen LogP contribution is 2.20. The number of unbranched alkanes of at least 4 members (excludes halogenated alkanes) is 2. The fourth-order valence-corrected chi connectivity index (χ4v) is 1.95. The molecule has 0 aliphatic rings. The second-order valence-corrected chi connectivity index (χ2v) is 4.61. The first-order valence-electron chi connectivity index (χ1n) is 6.18. The molecule has 0 amide bonds. The molecule has 0 fully saturated rings. The lowest BCUT2D eigenvalue weighted by atomic mass is 10.1. The molecule has 0 bridgehead atoms. The molecule has 5 heteroatoms. The van der Waals surface area contributed by atoms with Crippen LogP contribution in [0.15, 0.2) is 18.2 Å². The predicted molar refractivity (Wildman–Crippen MR) is 72.1 cm³/mol. The van der Waals surface area contributed by atoms with Crippen LogP contribution in [-0.4, -0.2) is 24.8 Å². The van der Waals surface area contributed by atoms with Crippen molar-refractivity contribution in [3.8, 4) is 0 Å². The molecule has 0 aliphatic heterocycles. The van der Waals surface area contributed by atoms with Crippen LogP contribution < -0.4 is 11.1 Å². The van der Waals surface area contributed by atoms with Crippen LogP contribution >= 0.6 is 11.6 Å². The molecule has 0 saturated carbocycles. The van der Waals surface area contributed by atoms with Gasteiger partial charge in [-0.15, -0.1) is 0 Å². The van der Waals surface area contributed by atoms with E-state index in [1.807, 2.05) is 0 Å². The van der Waals surface area contributed by atoms with Gasteiger partial charge in [0.25, 0.3) is 0 Å². The average molecular weight is 275 g/mol. The van der Waals surface area contributed by atoms with Crippen molar-refractivity contribution < 1.29 is 9.50 Å². The predicted octanol–water partition coefficient (Wildman–Crippen LogP) is 2.23. The molecule has 0 spiro atoms. The first-order chi connectivity index (χ1) is 8.69. The molecule has 0 heterocycles. The van der Waals surface area contributed by atoms with Crippen molar-refractivity contribution in [3.63, 3.8) is 0 Å². The van der Waals surface area contributed by atoms with E-state index in [9.17, 15) is 4.39 Å². The summed E-state index contributed by atoms with van der Waals surface area (Å²) in [5.74, 6) is -0.417. The van der Waals surface area contributed by atoms with Crippen molar-refractivity contribution >= 4 is 11.6 Å². The number of halogens is 2. The molecule has 3 nitrogen and oxygen atoms in total. The van der Waals surface area contributed by atoms with E-state index in [1.165, 1.54) is 6.07 Å². The van der Waals surface area contributed by atoms with Gasteiger partial charge >= 0.3 is 0 Å². The molecular weight excluding hydrogens is 255 g/mol. The van der Waals surface area contributed by atoms with E-state index in [4.69, 9.17) is 22.4 Å². The zero-order chi connectivity index (χ0) is 13.4. The Kier molecular flexibility index (Phi) is 7.20. The second kappa shape index (κ2) is 8.43. The number of nitrogens with one attached hydrogen (secondary N) is 1. The van der Waals surface area contributed by atoms with Crippen LogP contribution in [-0.2, 0) is 0 Å². The highest BCUT2D eigenvalue weighted by Gasteiger charge is 2.10. The number of hydrogen-bond acceptors (Lipinski definition) is 3. The lowest BCUT2D eigenvalue weighted by Gasteiger charge is -2.17. The molecule has 18 heavy (non-hydrogen) atoms.